The van der Waals surface area contributed by atoms with E-state index in [1.807, 2.05) is 71.7 Å². The molecule has 3 aromatic carbocycles. The zero-order valence-corrected chi connectivity index (χ0v) is 16.9. The van der Waals surface area contributed by atoms with E-state index in [-0.39, 0.29) is 6.04 Å². The van der Waals surface area contributed by atoms with Gasteiger partial charge in [0.25, 0.3) is 0 Å². The molecule has 0 fully saturated rings. The minimum Gasteiger partial charge on any atom is -0.497 e. The van der Waals surface area contributed by atoms with Crippen LogP contribution in [-0.4, -0.2) is 19.2 Å². The second-order valence-corrected chi connectivity index (χ2v) is 6.99. The van der Waals surface area contributed by atoms with Gasteiger partial charge in [-0.25, -0.2) is 0 Å². The fourth-order valence-corrected chi connectivity index (χ4v) is 3.63. The number of nitrogens with one attached hydrogen (secondary N) is 1. The van der Waals surface area contributed by atoms with Gasteiger partial charge in [-0.05, 0) is 59.2 Å². The molecule has 0 amide bonds. The van der Waals surface area contributed by atoms with Crippen molar-refractivity contribution in [2.75, 3.05) is 14.2 Å². The number of hydrogen-bond donors (Lipinski definition) is 1. The average molecular weight is 397 g/mol. The van der Waals surface area contributed by atoms with E-state index in [9.17, 15) is 5.26 Å². The number of nitrogens with zero attached hydrogens (tertiary/aromatic N) is 2. The molecule has 0 radical (unpaired) electrons. The Kier molecular flexibility index (Phi) is 5.69. The third-order valence-electron chi connectivity index (χ3n) is 5.25. The number of hydrazine groups is 1. The van der Waals surface area contributed by atoms with Crippen molar-refractivity contribution >= 4 is 5.70 Å². The van der Waals surface area contributed by atoms with Crippen LogP contribution in [0.15, 0.2) is 84.9 Å². The lowest BCUT2D eigenvalue weighted by atomic mass is 10.0. The highest BCUT2D eigenvalue weighted by Crippen LogP contribution is 2.37. The molecule has 0 aliphatic carbocycles. The number of rotatable bonds is 6. The predicted octanol–water partition coefficient (Wildman–Crippen LogP) is 4.87. The van der Waals surface area contributed by atoms with Crippen LogP contribution in [-0.2, 0) is 0 Å². The Labute approximate surface area is 176 Å². The van der Waals surface area contributed by atoms with Crippen molar-refractivity contribution in [2.45, 2.75) is 12.1 Å². The van der Waals surface area contributed by atoms with E-state index in [4.69, 9.17) is 9.47 Å². The third-order valence-corrected chi connectivity index (χ3v) is 5.25. The number of benzene rings is 3. The van der Waals surface area contributed by atoms with Gasteiger partial charge in [0.1, 0.15) is 17.5 Å². The first-order valence-corrected chi connectivity index (χ1v) is 9.73. The molecule has 0 bridgehead atoms. The lowest BCUT2D eigenvalue weighted by Crippen LogP contribution is -2.37. The van der Waals surface area contributed by atoms with E-state index in [1.54, 1.807) is 14.2 Å². The number of ether oxygens (including phenoxy) is 2. The summed E-state index contributed by atoms with van der Waals surface area (Å²) >= 11 is 0. The SMILES string of the molecule is COc1ccc(C2=CC(c3ccccc3)N(C(C#N)c3ccc(OC)cc3)N2)cc1. The molecule has 5 nitrogen and oxygen atoms in total. The molecule has 0 aromatic heterocycles. The van der Waals surface area contributed by atoms with Crippen LogP contribution in [0.5, 0.6) is 11.5 Å². The molecule has 5 heteroatoms. The van der Waals surface area contributed by atoms with Crippen molar-refractivity contribution in [3.05, 3.63) is 102 Å². The highest BCUT2D eigenvalue weighted by atomic mass is 16.5. The Morgan fingerprint density at radius 2 is 1.47 bits per heavy atom. The maximum Gasteiger partial charge on any atom is 0.142 e. The highest BCUT2D eigenvalue weighted by molar-refractivity contribution is 5.67. The quantitative estimate of drug-likeness (QED) is 0.643. The van der Waals surface area contributed by atoms with Crippen LogP contribution in [0.2, 0.25) is 0 Å². The Morgan fingerprint density at radius 1 is 0.867 bits per heavy atom. The summed E-state index contributed by atoms with van der Waals surface area (Å²) in [6, 6.07) is 27.6. The fraction of sp³-hybridized carbons (Fsp3) is 0.160. The Morgan fingerprint density at radius 3 is 2.03 bits per heavy atom. The molecule has 4 rings (SSSR count). The molecule has 30 heavy (non-hydrogen) atoms. The molecule has 2 unspecified atom stereocenters. The van der Waals surface area contributed by atoms with Gasteiger partial charge in [-0.1, -0.05) is 42.5 Å². The van der Waals surface area contributed by atoms with Gasteiger partial charge >= 0.3 is 0 Å². The van der Waals surface area contributed by atoms with E-state index in [1.165, 1.54) is 0 Å². The van der Waals surface area contributed by atoms with Gasteiger partial charge < -0.3 is 14.9 Å². The Bertz CT molecular complexity index is 1050. The molecule has 0 saturated carbocycles. The van der Waals surface area contributed by atoms with Crippen LogP contribution >= 0.6 is 0 Å². The summed E-state index contributed by atoms with van der Waals surface area (Å²) in [6.45, 7) is 0. The zero-order chi connectivity index (χ0) is 20.9. The summed E-state index contributed by atoms with van der Waals surface area (Å²) in [6.07, 6.45) is 2.16. The first kappa shape index (κ1) is 19.6. The first-order chi connectivity index (χ1) is 14.7. The van der Waals surface area contributed by atoms with E-state index in [0.29, 0.717) is 0 Å². The van der Waals surface area contributed by atoms with Crippen molar-refractivity contribution in [1.29, 1.82) is 5.26 Å². The largest absolute Gasteiger partial charge is 0.497 e. The van der Waals surface area contributed by atoms with Crippen molar-refractivity contribution in [3.63, 3.8) is 0 Å². The van der Waals surface area contributed by atoms with Crippen molar-refractivity contribution < 1.29 is 9.47 Å². The summed E-state index contributed by atoms with van der Waals surface area (Å²) in [5.74, 6) is 1.57. The molecule has 0 saturated heterocycles. The monoisotopic (exact) mass is 397 g/mol. The molecular weight excluding hydrogens is 374 g/mol. The zero-order valence-electron chi connectivity index (χ0n) is 16.9. The highest BCUT2D eigenvalue weighted by Gasteiger charge is 2.33. The van der Waals surface area contributed by atoms with Crippen LogP contribution in [0.25, 0.3) is 5.70 Å². The first-order valence-electron chi connectivity index (χ1n) is 9.73. The predicted molar refractivity (Wildman–Crippen MR) is 116 cm³/mol. The van der Waals surface area contributed by atoms with Crippen molar-refractivity contribution in [1.82, 2.24) is 10.4 Å². The molecule has 1 N–H and O–H groups in total. The van der Waals surface area contributed by atoms with Gasteiger partial charge in [-0.3, -0.25) is 0 Å². The molecule has 1 aliphatic rings. The van der Waals surface area contributed by atoms with Crippen molar-refractivity contribution in [3.8, 4) is 17.6 Å². The average Bonchev–Trinajstić information content (AvgIpc) is 3.26. The summed E-state index contributed by atoms with van der Waals surface area (Å²) in [4.78, 5) is 0. The topological polar surface area (TPSA) is 57.5 Å². The fourth-order valence-electron chi connectivity index (χ4n) is 3.63. The van der Waals surface area contributed by atoms with Gasteiger partial charge in [0.15, 0.2) is 0 Å². The van der Waals surface area contributed by atoms with Crippen LogP contribution in [0.4, 0.5) is 0 Å². The standard InChI is InChI=1S/C25H23N3O2/c1-29-21-12-8-18(9-13-21)23-16-24(19-6-4-3-5-7-19)28(27-23)25(17-26)20-10-14-22(30-2)15-11-20/h3-16,24-25,27H,1-2H3. The van der Waals surface area contributed by atoms with E-state index in [0.717, 1.165) is 33.9 Å². The minimum atomic E-state index is -0.479. The van der Waals surface area contributed by atoms with Gasteiger partial charge in [0.2, 0.25) is 0 Å². The van der Waals surface area contributed by atoms with Gasteiger partial charge in [-0.2, -0.15) is 10.3 Å². The maximum atomic E-state index is 10.1. The number of methoxy groups -OCH3 is 2. The van der Waals surface area contributed by atoms with Gasteiger partial charge in [0, 0.05) is 0 Å². The van der Waals surface area contributed by atoms with Crippen molar-refractivity contribution in [2.24, 2.45) is 0 Å². The Hall–Kier alpha value is -3.75. The van der Waals surface area contributed by atoms with Gasteiger partial charge in [0.05, 0.1) is 32.0 Å². The molecule has 150 valence electrons. The molecule has 1 heterocycles. The summed E-state index contributed by atoms with van der Waals surface area (Å²) in [5.41, 5.74) is 7.48. The molecule has 3 aromatic rings. The van der Waals surface area contributed by atoms with E-state index in [2.05, 4.69) is 29.7 Å². The van der Waals surface area contributed by atoms with E-state index < -0.39 is 6.04 Å². The molecule has 1 aliphatic heterocycles. The van der Waals surface area contributed by atoms with Gasteiger partial charge in [-0.15, -0.1) is 0 Å². The second-order valence-electron chi connectivity index (χ2n) is 6.99. The van der Waals surface area contributed by atoms with E-state index >= 15 is 0 Å². The minimum absolute atomic E-state index is 0.0879. The lowest BCUT2D eigenvalue weighted by Gasteiger charge is -2.30. The number of nitriles is 1. The van der Waals surface area contributed by atoms with Crippen LogP contribution in [0, 0.1) is 11.3 Å². The maximum absolute atomic E-state index is 10.1. The normalized spacial score (nSPS) is 16.8. The number of hydrogen-bond acceptors (Lipinski definition) is 5. The second kappa shape index (κ2) is 8.73. The third kappa shape index (κ3) is 3.86. The smallest absolute Gasteiger partial charge is 0.142 e. The van der Waals surface area contributed by atoms with Crippen LogP contribution < -0.4 is 14.9 Å². The Balaban J connectivity index is 1.70. The lowest BCUT2D eigenvalue weighted by molar-refractivity contribution is 0.169. The summed E-state index contributed by atoms with van der Waals surface area (Å²) < 4.78 is 10.5. The molecule has 0 spiro atoms. The summed E-state index contributed by atoms with van der Waals surface area (Å²) in [7, 11) is 3.29. The molecular formula is C25H23N3O2. The summed E-state index contributed by atoms with van der Waals surface area (Å²) in [5, 5.41) is 12.1. The molecule has 2 atom stereocenters. The van der Waals surface area contributed by atoms with Crippen LogP contribution in [0.3, 0.4) is 0 Å². The van der Waals surface area contributed by atoms with Crippen LogP contribution in [0.1, 0.15) is 28.8 Å².